The van der Waals surface area contributed by atoms with Crippen molar-refractivity contribution in [3.8, 4) is 11.5 Å². The van der Waals surface area contributed by atoms with Gasteiger partial charge in [0.05, 0.1) is 20.4 Å². The number of hydrogen-bond donors (Lipinski definition) is 0. The van der Waals surface area contributed by atoms with Crippen LogP contribution in [0.3, 0.4) is 0 Å². The predicted octanol–water partition coefficient (Wildman–Crippen LogP) is 1.85. The first-order valence-electron chi connectivity index (χ1n) is 3.99. The number of rotatable bonds is 4. The first-order chi connectivity index (χ1) is 7.15. The van der Waals surface area contributed by atoms with Gasteiger partial charge in [0.25, 0.3) is 6.43 Å². The first kappa shape index (κ1) is 11.4. The van der Waals surface area contributed by atoms with Crippen LogP contribution in [-0.4, -0.2) is 25.5 Å². The Hall–Kier alpha value is -1.72. The molecule has 1 aromatic rings. The number of pyridine rings is 1. The van der Waals surface area contributed by atoms with Crippen LogP contribution in [0.2, 0.25) is 0 Å². The summed E-state index contributed by atoms with van der Waals surface area (Å²) in [5, 5.41) is 0. The Balaban J connectivity index is 3.40. The number of carbonyl (C=O) groups is 1. The Morgan fingerprint density at radius 1 is 1.40 bits per heavy atom. The van der Waals surface area contributed by atoms with E-state index < -0.39 is 12.1 Å². The molecule has 4 nitrogen and oxygen atoms in total. The number of alkyl halides is 2. The van der Waals surface area contributed by atoms with Gasteiger partial charge in [-0.1, -0.05) is 0 Å². The lowest BCUT2D eigenvalue weighted by molar-refractivity contribution is 0.111. The summed E-state index contributed by atoms with van der Waals surface area (Å²) in [6.07, 6.45) is -1.34. The van der Waals surface area contributed by atoms with Gasteiger partial charge in [0.1, 0.15) is 11.3 Å². The van der Waals surface area contributed by atoms with Crippen LogP contribution in [0, 0.1) is 0 Å². The minimum atomic E-state index is -2.80. The quantitative estimate of drug-likeness (QED) is 0.722. The molecule has 1 heterocycles. The number of aromatic nitrogens is 1. The number of ether oxygens (including phenoxy) is 2. The van der Waals surface area contributed by atoms with Crippen molar-refractivity contribution in [2.45, 2.75) is 6.43 Å². The summed E-state index contributed by atoms with van der Waals surface area (Å²) in [4.78, 5) is 14.2. The third kappa shape index (κ3) is 2.03. The number of hydrogen-bond acceptors (Lipinski definition) is 4. The summed E-state index contributed by atoms with van der Waals surface area (Å²) in [6, 6.07) is 0. The van der Waals surface area contributed by atoms with Crippen LogP contribution >= 0.6 is 0 Å². The lowest BCUT2D eigenvalue weighted by Crippen LogP contribution is -2.02. The lowest BCUT2D eigenvalue weighted by Gasteiger charge is -2.11. The maximum Gasteiger partial charge on any atom is 0.284 e. The normalized spacial score (nSPS) is 10.2. The van der Waals surface area contributed by atoms with Crippen molar-refractivity contribution in [2.75, 3.05) is 14.2 Å². The summed E-state index contributed by atoms with van der Waals surface area (Å²) in [5.74, 6) is -0.148. The lowest BCUT2D eigenvalue weighted by atomic mass is 10.2. The first-order valence-corrected chi connectivity index (χ1v) is 3.99. The van der Waals surface area contributed by atoms with Gasteiger partial charge >= 0.3 is 0 Å². The maximum absolute atomic E-state index is 12.5. The molecule has 0 amide bonds. The zero-order chi connectivity index (χ0) is 11.4. The fourth-order valence-electron chi connectivity index (χ4n) is 1.15. The SMILES string of the molecule is COc1cnc(C(F)F)c(OC)c1C=O. The monoisotopic (exact) mass is 217 g/mol. The van der Waals surface area contributed by atoms with Gasteiger partial charge in [0, 0.05) is 0 Å². The molecule has 15 heavy (non-hydrogen) atoms. The molecule has 1 rings (SSSR count). The highest BCUT2D eigenvalue weighted by Crippen LogP contribution is 2.33. The second-order valence-electron chi connectivity index (χ2n) is 2.58. The molecule has 0 aliphatic carbocycles. The van der Waals surface area contributed by atoms with E-state index in [0.29, 0.717) is 6.29 Å². The molecule has 0 aliphatic rings. The summed E-state index contributed by atoms with van der Waals surface area (Å²) >= 11 is 0. The minimum absolute atomic E-state index is 0.0645. The third-order valence-electron chi connectivity index (χ3n) is 1.81. The van der Waals surface area contributed by atoms with Gasteiger partial charge in [-0.25, -0.2) is 13.8 Å². The summed E-state index contributed by atoms with van der Waals surface area (Å²) < 4.78 is 34.4. The zero-order valence-corrected chi connectivity index (χ0v) is 8.16. The van der Waals surface area contributed by atoms with E-state index in [-0.39, 0.29) is 17.1 Å². The summed E-state index contributed by atoms with van der Waals surface area (Å²) in [6.45, 7) is 0. The summed E-state index contributed by atoms with van der Waals surface area (Å²) in [5.41, 5.74) is -0.634. The van der Waals surface area contributed by atoms with Crippen LogP contribution in [0.4, 0.5) is 8.78 Å². The Morgan fingerprint density at radius 2 is 2.07 bits per heavy atom. The van der Waals surface area contributed by atoms with Gasteiger partial charge in [-0.2, -0.15) is 0 Å². The highest BCUT2D eigenvalue weighted by atomic mass is 19.3. The molecule has 0 atom stereocenters. The van der Waals surface area contributed by atoms with Crippen molar-refractivity contribution < 1.29 is 23.0 Å². The molecule has 0 aromatic carbocycles. The molecular weight excluding hydrogens is 208 g/mol. The molecule has 0 bridgehead atoms. The molecule has 0 fully saturated rings. The molecule has 1 aromatic heterocycles. The van der Waals surface area contributed by atoms with E-state index in [4.69, 9.17) is 9.47 Å². The smallest absolute Gasteiger partial charge is 0.284 e. The van der Waals surface area contributed by atoms with E-state index >= 15 is 0 Å². The molecule has 6 heteroatoms. The molecule has 0 spiro atoms. The molecule has 0 unspecified atom stereocenters. The predicted molar refractivity (Wildman–Crippen MR) is 47.7 cm³/mol. The number of carbonyl (C=O) groups excluding carboxylic acids is 1. The number of halogens is 2. The van der Waals surface area contributed by atoms with Crippen LogP contribution in [0.5, 0.6) is 11.5 Å². The Morgan fingerprint density at radius 3 is 2.47 bits per heavy atom. The molecule has 0 saturated carbocycles. The molecular formula is C9H9F2NO3. The average Bonchev–Trinajstić information content (AvgIpc) is 2.26. The average molecular weight is 217 g/mol. The second-order valence-corrected chi connectivity index (χ2v) is 2.58. The number of nitrogens with zero attached hydrogens (tertiary/aromatic N) is 1. The fraction of sp³-hybridized carbons (Fsp3) is 0.333. The molecule has 0 radical (unpaired) electrons. The van der Waals surface area contributed by atoms with E-state index in [1.165, 1.54) is 14.2 Å². The molecule has 0 aliphatic heterocycles. The van der Waals surface area contributed by atoms with Crippen molar-refractivity contribution in [1.29, 1.82) is 0 Å². The second kappa shape index (κ2) is 4.68. The third-order valence-corrected chi connectivity index (χ3v) is 1.81. The van der Waals surface area contributed by atoms with Crippen molar-refractivity contribution in [1.82, 2.24) is 4.98 Å². The van der Waals surface area contributed by atoms with Crippen molar-refractivity contribution in [2.24, 2.45) is 0 Å². The molecule has 0 N–H and O–H groups in total. The standard InChI is InChI=1S/C9H9F2NO3/c1-14-6-3-12-7(9(10)11)8(15-2)5(6)4-13/h3-4,9H,1-2H3. The highest BCUT2D eigenvalue weighted by Gasteiger charge is 2.21. The summed E-state index contributed by atoms with van der Waals surface area (Å²) in [7, 11) is 2.50. The van der Waals surface area contributed by atoms with Gasteiger partial charge in [-0.3, -0.25) is 4.79 Å². The van der Waals surface area contributed by atoms with Crippen molar-refractivity contribution in [3.63, 3.8) is 0 Å². The van der Waals surface area contributed by atoms with Crippen LogP contribution in [0.25, 0.3) is 0 Å². The number of methoxy groups -OCH3 is 2. The van der Waals surface area contributed by atoms with E-state index in [2.05, 4.69) is 4.98 Å². The maximum atomic E-state index is 12.5. The van der Waals surface area contributed by atoms with Gasteiger partial charge < -0.3 is 9.47 Å². The van der Waals surface area contributed by atoms with Crippen molar-refractivity contribution >= 4 is 6.29 Å². The highest BCUT2D eigenvalue weighted by molar-refractivity contribution is 5.84. The fourth-order valence-corrected chi connectivity index (χ4v) is 1.15. The van der Waals surface area contributed by atoms with E-state index in [1.54, 1.807) is 0 Å². The van der Waals surface area contributed by atoms with Crippen LogP contribution in [-0.2, 0) is 0 Å². The van der Waals surface area contributed by atoms with Crippen LogP contribution in [0.15, 0.2) is 6.20 Å². The Kier molecular flexibility index (Phi) is 3.54. The van der Waals surface area contributed by atoms with Gasteiger partial charge in [0.2, 0.25) is 0 Å². The van der Waals surface area contributed by atoms with E-state index in [1.807, 2.05) is 0 Å². The Bertz CT molecular complexity index is 369. The van der Waals surface area contributed by atoms with Crippen LogP contribution < -0.4 is 9.47 Å². The van der Waals surface area contributed by atoms with E-state index in [0.717, 1.165) is 6.20 Å². The van der Waals surface area contributed by atoms with Crippen molar-refractivity contribution in [3.05, 3.63) is 17.5 Å². The minimum Gasteiger partial charge on any atom is -0.494 e. The number of aldehydes is 1. The topological polar surface area (TPSA) is 48.4 Å². The van der Waals surface area contributed by atoms with Gasteiger partial charge in [-0.15, -0.1) is 0 Å². The van der Waals surface area contributed by atoms with Crippen LogP contribution in [0.1, 0.15) is 22.5 Å². The molecule has 82 valence electrons. The van der Waals surface area contributed by atoms with Gasteiger partial charge in [-0.05, 0) is 0 Å². The van der Waals surface area contributed by atoms with Gasteiger partial charge in [0.15, 0.2) is 17.8 Å². The largest absolute Gasteiger partial charge is 0.494 e. The van der Waals surface area contributed by atoms with E-state index in [9.17, 15) is 13.6 Å². The molecule has 0 saturated heterocycles. The Labute approximate surface area is 84.8 Å². The zero-order valence-electron chi connectivity index (χ0n) is 8.16.